The Morgan fingerprint density at radius 3 is 2.46 bits per heavy atom. The molecule has 0 aromatic heterocycles. The molecular weight excluding hydrogens is 443 g/mol. The van der Waals surface area contributed by atoms with E-state index in [0.717, 1.165) is 31.2 Å². The molecule has 0 aliphatic carbocycles. The average Bonchev–Trinajstić information content (AvgIpc) is 2.61. The van der Waals surface area contributed by atoms with Crippen molar-refractivity contribution in [2.24, 2.45) is 4.99 Å². The Balaban J connectivity index is 0.00000625. The molecule has 0 fully saturated rings. The Kier molecular flexibility index (Phi) is 12.9. The molecule has 1 aromatic rings. The number of guanidine groups is 1. The SMILES string of the molecule is CCNC(=NCCC(=O)NC(C)CC)N(C)Cc1ccc(OC)cc1.I. The highest BCUT2D eigenvalue weighted by Gasteiger charge is 2.08. The lowest BCUT2D eigenvalue weighted by Crippen LogP contribution is -2.39. The number of carbonyl (C=O) groups is 1. The van der Waals surface area contributed by atoms with Crippen molar-refractivity contribution >= 4 is 35.8 Å². The molecule has 2 N–H and O–H groups in total. The highest BCUT2D eigenvalue weighted by atomic mass is 127. The molecule has 1 unspecified atom stereocenters. The summed E-state index contributed by atoms with van der Waals surface area (Å²) in [5.41, 5.74) is 1.17. The zero-order valence-corrected chi connectivity index (χ0v) is 18.9. The Bertz CT molecular complexity index is 549. The summed E-state index contributed by atoms with van der Waals surface area (Å²) in [6, 6.07) is 8.19. The van der Waals surface area contributed by atoms with Crippen molar-refractivity contribution < 1.29 is 9.53 Å². The van der Waals surface area contributed by atoms with Gasteiger partial charge >= 0.3 is 0 Å². The van der Waals surface area contributed by atoms with Crippen LogP contribution < -0.4 is 15.4 Å². The minimum absolute atomic E-state index is 0. The van der Waals surface area contributed by atoms with Gasteiger partial charge in [-0.25, -0.2) is 0 Å². The molecule has 6 nitrogen and oxygen atoms in total. The van der Waals surface area contributed by atoms with Crippen LogP contribution >= 0.6 is 24.0 Å². The number of halogens is 1. The van der Waals surface area contributed by atoms with Crippen LogP contribution in [-0.4, -0.2) is 50.1 Å². The molecule has 1 rings (SSSR count). The Morgan fingerprint density at radius 1 is 1.27 bits per heavy atom. The third-order valence-electron chi connectivity index (χ3n) is 3.90. The highest BCUT2D eigenvalue weighted by Crippen LogP contribution is 2.12. The van der Waals surface area contributed by atoms with Crippen LogP contribution in [0.25, 0.3) is 0 Å². The van der Waals surface area contributed by atoms with E-state index in [1.165, 1.54) is 5.56 Å². The van der Waals surface area contributed by atoms with E-state index < -0.39 is 0 Å². The van der Waals surface area contributed by atoms with E-state index in [1.807, 2.05) is 45.2 Å². The zero-order valence-electron chi connectivity index (χ0n) is 16.5. The molecule has 26 heavy (non-hydrogen) atoms. The number of hydrogen-bond acceptors (Lipinski definition) is 3. The summed E-state index contributed by atoms with van der Waals surface area (Å²) in [7, 11) is 3.65. The number of nitrogens with zero attached hydrogens (tertiary/aromatic N) is 2. The molecule has 148 valence electrons. The van der Waals surface area contributed by atoms with E-state index >= 15 is 0 Å². The van der Waals surface area contributed by atoms with Crippen molar-refractivity contribution in [3.8, 4) is 5.75 Å². The first-order valence-electron chi connectivity index (χ1n) is 8.91. The van der Waals surface area contributed by atoms with E-state index in [9.17, 15) is 4.79 Å². The molecule has 0 aliphatic rings. The minimum Gasteiger partial charge on any atom is -0.497 e. The fourth-order valence-electron chi connectivity index (χ4n) is 2.26. The molecule has 0 aliphatic heterocycles. The van der Waals surface area contributed by atoms with Gasteiger partial charge in [-0.2, -0.15) is 0 Å². The molecule has 0 saturated carbocycles. The summed E-state index contributed by atoms with van der Waals surface area (Å²) in [4.78, 5) is 18.5. The maximum Gasteiger partial charge on any atom is 0.222 e. The molecule has 1 aromatic carbocycles. The van der Waals surface area contributed by atoms with Gasteiger partial charge in [0, 0.05) is 32.6 Å². The van der Waals surface area contributed by atoms with Gasteiger partial charge in [-0.1, -0.05) is 19.1 Å². The smallest absolute Gasteiger partial charge is 0.222 e. The lowest BCUT2D eigenvalue weighted by Gasteiger charge is -2.22. The van der Waals surface area contributed by atoms with Gasteiger partial charge in [0.25, 0.3) is 0 Å². The molecule has 0 spiro atoms. The predicted molar refractivity (Wildman–Crippen MR) is 118 cm³/mol. The lowest BCUT2D eigenvalue weighted by molar-refractivity contribution is -0.121. The van der Waals surface area contributed by atoms with Gasteiger partial charge in [-0.15, -0.1) is 24.0 Å². The second-order valence-corrected chi connectivity index (χ2v) is 6.07. The first-order chi connectivity index (χ1) is 12.0. The molecule has 1 amide bonds. The van der Waals surface area contributed by atoms with Crippen molar-refractivity contribution in [3.63, 3.8) is 0 Å². The largest absolute Gasteiger partial charge is 0.497 e. The van der Waals surface area contributed by atoms with Crippen molar-refractivity contribution in [1.29, 1.82) is 0 Å². The van der Waals surface area contributed by atoms with E-state index in [4.69, 9.17) is 4.74 Å². The van der Waals surface area contributed by atoms with Crippen LogP contribution in [0.3, 0.4) is 0 Å². The highest BCUT2D eigenvalue weighted by molar-refractivity contribution is 14.0. The van der Waals surface area contributed by atoms with Gasteiger partial charge in [0.15, 0.2) is 5.96 Å². The van der Waals surface area contributed by atoms with Gasteiger partial charge < -0.3 is 20.3 Å². The predicted octanol–water partition coefficient (Wildman–Crippen LogP) is 3.02. The Labute approximate surface area is 174 Å². The summed E-state index contributed by atoms with van der Waals surface area (Å²) in [6.07, 6.45) is 1.33. The number of methoxy groups -OCH3 is 1. The fraction of sp³-hybridized carbons (Fsp3) is 0.579. The maximum atomic E-state index is 11.8. The second-order valence-electron chi connectivity index (χ2n) is 6.07. The van der Waals surface area contributed by atoms with E-state index in [1.54, 1.807) is 7.11 Å². The average molecular weight is 476 g/mol. The van der Waals surface area contributed by atoms with Gasteiger partial charge in [0.2, 0.25) is 5.91 Å². The standard InChI is InChI=1S/C19H32N4O2.HI/c1-6-15(3)22-18(24)12-13-21-19(20-7-2)23(4)14-16-8-10-17(25-5)11-9-16;/h8-11,15H,6-7,12-14H2,1-5H3,(H,20,21)(H,22,24);1H. The van der Waals surface area contributed by atoms with Crippen molar-refractivity contribution in [3.05, 3.63) is 29.8 Å². The van der Waals surface area contributed by atoms with Gasteiger partial charge in [0.1, 0.15) is 5.75 Å². The molecule has 7 heteroatoms. The number of ether oxygens (including phenoxy) is 1. The number of amides is 1. The van der Waals surface area contributed by atoms with E-state index in [-0.39, 0.29) is 35.9 Å². The zero-order chi connectivity index (χ0) is 18.7. The quantitative estimate of drug-likeness (QED) is 0.327. The van der Waals surface area contributed by atoms with Crippen LogP contribution in [-0.2, 0) is 11.3 Å². The van der Waals surface area contributed by atoms with Crippen LogP contribution in [0.4, 0.5) is 0 Å². The topological polar surface area (TPSA) is 66.0 Å². The Morgan fingerprint density at radius 2 is 1.92 bits per heavy atom. The number of hydrogen-bond donors (Lipinski definition) is 2. The van der Waals surface area contributed by atoms with Crippen LogP contribution in [0.2, 0.25) is 0 Å². The monoisotopic (exact) mass is 476 g/mol. The van der Waals surface area contributed by atoms with Crippen molar-refractivity contribution in [1.82, 2.24) is 15.5 Å². The summed E-state index contributed by atoms with van der Waals surface area (Å²) >= 11 is 0. The number of nitrogens with one attached hydrogen (secondary N) is 2. The van der Waals surface area contributed by atoms with Gasteiger partial charge in [0.05, 0.1) is 13.7 Å². The number of aliphatic imine (C=N–C) groups is 1. The van der Waals surface area contributed by atoms with E-state index in [0.29, 0.717) is 13.0 Å². The fourth-order valence-corrected chi connectivity index (χ4v) is 2.26. The molecule has 0 bridgehead atoms. The third kappa shape index (κ3) is 9.26. The lowest BCUT2D eigenvalue weighted by atomic mass is 10.2. The first-order valence-corrected chi connectivity index (χ1v) is 8.91. The van der Waals surface area contributed by atoms with Gasteiger partial charge in [-0.05, 0) is 38.0 Å². The normalized spacial score (nSPS) is 12.0. The molecule has 0 heterocycles. The van der Waals surface area contributed by atoms with Crippen molar-refractivity contribution in [2.75, 3.05) is 27.2 Å². The molecule has 0 saturated heterocycles. The van der Waals surface area contributed by atoms with Crippen LogP contribution in [0.5, 0.6) is 5.75 Å². The summed E-state index contributed by atoms with van der Waals surface area (Å²) in [5, 5.41) is 6.23. The Hall–Kier alpha value is -1.51. The second kappa shape index (κ2) is 13.7. The van der Waals surface area contributed by atoms with Crippen LogP contribution in [0.15, 0.2) is 29.3 Å². The number of carbonyl (C=O) groups excluding carboxylic acids is 1. The van der Waals surface area contributed by atoms with Crippen molar-refractivity contribution in [2.45, 2.75) is 46.2 Å². The van der Waals surface area contributed by atoms with E-state index in [2.05, 4.69) is 27.4 Å². The summed E-state index contributed by atoms with van der Waals surface area (Å²) in [6.45, 7) is 8.08. The summed E-state index contributed by atoms with van der Waals surface area (Å²) in [5.74, 6) is 1.70. The molecular formula is C19H33IN4O2. The summed E-state index contributed by atoms with van der Waals surface area (Å²) < 4.78 is 5.18. The molecule has 0 radical (unpaired) electrons. The van der Waals surface area contributed by atoms with Crippen LogP contribution in [0, 0.1) is 0 Å². The third-order valence-corrected chi connectivity index (χ3v) is 3.90. The molecule has 1 atom stereocenters. The first kappa shape index (κ1) is 24.5. The number of rotatable bonds is 9. The number of benzene rings is 1. The van der Waals surface area contributed by atoms with Gasteiger partial charge in [-0.3, -0.25) is 9.79 Å². The maximum absolute atomic E-state index is 11.8. The minimum atomic E-state index is 0. The van der Waals surface area contributed by atoms with Crippen LogP contribution in [0.1, 0.15) is 39.2 Å².